The molecular weight excluding hydrogens is 623 g/mol. The minimum atomic E-state index is -4.84. The Hall–Kier alpha value is -5.43. The lowest BCUT2D eigenvalue weighted by molar-refractivity contribution is -0.274. The van der Waals surface area contributed by atoms with Crippen LogP contribution >= 0.6 is 11.8 Å². The second-order valence-electron chi connectivity index (χ2n) is 10.4. The molecule has 2 aromatic heterocycles. The van der Waals surface area contributed by atoms with Crippen LogP contribution in [0.5, 0.6) is 5.75 Å². The number of urea groups is 1. The number of halogens is 3. The summed E-state index contributed by atoms with van der Waals surface area (Å²) in [6.45, 7) is 4.04. The van der Waals surface area contributed by atoms with Gasteiger partial charge in [0.2, 0.25) is 5.91 Å². The van der Waals surface area contributed by atoms with E-state index in [0.717, 1.165) is 35.3 Å². The smallest absolute Gasteiger partial charge is 0.404 e. The van der Waals surface area contributed by atoms with Gasteiger partial charge in [0, 0.05) is 25.3 Å². The summed E-state index contributed by atoms with van der Waals surface area (Å²) in [5.41, 5.74) is 3.17. The number of alkyl halides is 3. The standard InChI is InChI=1S/C30H26F3N9O3S/c1-17(2)22-8-6-20(40(3)4)12-24(22)42-26(43)15-46-29(42)38-28(44)37-23-9-5-18(11-19(23)13-34)27-36-16-41(39-27)25-10-7-21(14-35-25)45-30(31,32)33/h5-12,14,16-17H,15H2,1-4H3,(H,37,44)/b38-29-. The van der Waals surface area contributed by atoms with Gasteiger partial charge in [-0.25, -0.2) is 19.4 Å². The molecule has 1 N–H and O–H groups in total. The Morgan fingerprint density at radius 3 is 2.59 bits per heavy atom. The molecule has 0 atom stereocenters. The zero-order chi connectivity index (χ0) is 33.2. The first-order valence-electron chi connectivity index (χ1n) is 13.7. The second-order valence-corrected chi connectivity index (χ2v) is 11.4. The fourth-order valence-electron chi connectivity index (χ4n) is 4.50. The Bertz CT molecular complexity index is 1870. The van der Waals surface area contributed by atoms with Crippen molar-refractivity contribution < 1.29 is 27.5 Å². The van der Waals surface area contributed by atoms with Gasteiger partial charge in [0.15, 0.2) is 16.8 Å². The summed E-state index contributed by atoms with van der Waals surface area (Å²) in [5, 5.41) is 16.9. The number of nitriles is 1. The first kappa shape index (κ1) is 32.0. The normalized spacial score (nSPS) is 14.1. The molecule has 4 aromatic rings. The summed E-state index contributed by atoms with van der Waals surface area (Å²) < 4.78 is 42.4. The van der Waals surface area contributed by atoms with E-state index in [-0.39, 0.29) is 45.6 Å². The molecule has 0 aliphatic carbocycles. The highest BCUT2D eigenvalue weighted by atomic mass is 32.2. The molecule has 0 saturated carbocycles. The number of amidine groups is 1. The maximum Gasteiger partial charge on any atom is 0.573 e. The van der Waals surface area contributed by atoms with Crippen molar-refractivity contribution in [2.24, 2.45) is 4.99 Å². The van der Waals surface area contributed by atoms with Gasteiger partial charge in [0.05, 0.1) is 28.9 Å². The van der Waals surface area contributed by atoms with Crippen molar-refractivity contribution in [1.29, 1.82) is 5.26 Å². The Morgan fingerprint density at radius 1 is 1.15 bits per heavy atom. The largest absolute Gasteiger partial charge is 0.573 e. The number of nitrogens with one attached hydrogen (secondary N) is 1. The van der Waals surface area contributed by atoms with E-state index in [1.54, 1.807) is 6.07 Å². The third-order valence-corrected chi connectivity index (χ3v) is 7.60. The summed E-state index contributed by atoms with van der Waals surface area (Å²) in [4.78, 5) is 41.7. The molecule has 16 heteroatoms. The first-order valence-corrected chi connectivity index (χ1v) is 14.7. The van der Waals surface area contributed by atoms with Crippen LogP contribution in [0.3, 0.4) is 0 Å². The molecule has 1 saturated heterocycles. The molecule has 3 heterocycles. The number of rotatable bonds is 7. The number of aromatic nitrogens is 4. The van der Waals surface area contributed by atoms with Crippen molar-refractivity contribution in [3.63, 3.8) is 0 Å². The van der Waals surface area contributed by atoms with Crippen LogP contribution in [0.25, 0.3) is 17.2 Å². The number of hydrogen-bond donors (Lipinski definition) is 1. The molecule has 12 nitrogen and oxygen atoms in total. The predicted octanol–water partition coefficient (Wildman–Crippen LogP) is 5.96. The highest BCUT2D eigenvalue weighted by Crippen LogP contribution is 2.36. The number of ether oxygens (including phenoxy) is 1. The predicted molar refractivity (Wildman–Crippen MR) is 167 cm³/mol. The molecule has 1 aliphatic heterocycles. The van der Waals surface area contributed by atoms with E-state index in [1.807, 2.05) is 57.1 Å². The van der Waals surface area contributed by atoms with Gasteiger partial charge in [-0.3, -0.25) is 9.69 Å². The van der Waals surface area contributed by atoms with E-state index in [9.17, 15) is 28.0 Å². The third kappa shape index (κ3) is 7.10. The third-order valence-electron chi connectivity index (χ3n) is 6.68. The van der Waals surface area contributed by atoms with Crippen molar-refractivity contribution in [3.05, 3.63) is 72.2 Å². The first-order chi connectivity index (χ1) is 21.8. The van der Waals surface area contributed by atoms with E-state index in [2.05, 4.69) is 30.1 Å². The molecule has 0 radical (unpaired) electrons. The molecule has 2 aromatic carbocycles. The topological polar surface area (TPSA) is 142 Å². The molecule has 5 rings (SSSR count). The van der Waals surface area contributed by atoms with Gasteiger partial charge < -0.3 is 15.0 Å². The molecule has 0 bridgehead atoms. The van der Waals surface area contributed by atoms with Crippen molar-refractivity contribution in [3.8, 4) is 29.0 Å². The number of thioether (sulfide) groups is 1. The summed E-state index contributed by atoms with van der Waals surface area (Å²) in [5.74, 6) is -0.0828. The second kappa shape index (κ2) is 12.9. The minimum Gasteiger partial charge on any atom is -0.404 e. The van der Waals surface area contributed by atoms with Gasteiger partial charge in [-0.05, 0) is 53.9 Å². The van der Waals surface area contributed by atoms with Gasteiger partial charge in [0.1, 0.15) is 18.1 Å². The van der Waals surface area contributed by atoms with E-state index < -0.39 is 18.1 Å². The molecule has 236 valence electrons. The van der Waals surface area contributed by atoms with Gasteiger partial charge >= 0.3 is 12.4 Å². The van der Waals surface area contributed by atoms with Crippen LogP contribution in [0.1, 0.15) is 30.9 Å². The summed E-state index contributed by atoms with van der Waals surface area (Å²) in [6.07, 6.45) is -2.63. The zero-order valence-corrected chi connectivity index (χ0v) is 25.7. The number of carbonyl (C=O) groups excluding carboxylic acids is 2. The van der Waals surface area contributed by atoms with Crippen molar-refractivity contribution in [2.75, 3.05) is 35.0 Å². The minimum absolute atomic E-state index is 0.0990. The molecule has 0 unspecified atom stereocenters. The highest BCUT2D eigenvalue weighted by Gasteiger charge is 2.33. The van der Waals surface area contributed by atoms with E-state index in [4.69, 9.17) is 0 Å². The Morgan fingerprint density at radius 2 is 1.93 bits per heavy atom. The average molecular weight is 650 g/mol. The van der Waals surface area contributed by atoms with Crippen LogP contribution in [0, 0.1) is 11.3 Å². The quantitative estimate of drug-likeness (QED) is 0.257. The maximum absolute atomic E-state index is 13.1. The molecule has 3 amide bonds. The summed E-state index contributed by atoms with van der Waals surface area (Å²) in [6, 6.07) is 14.0. The van der Waals surface area contributed by atoms with Crippen molar-refractivity contribution in [1.82, 2.24) is 19.7 Å². The number of amides is 3. The van der Waals surface area contributed by atoms with Crippen LogP contribution in [-0.4, -0.2) is 63.1 Å². The van der Waals surface area contributed by atoms with Crippen LogP contribution in [0.4, 0.5) is 35.0 Å². The van der Waals surface area contributed by atoms with E-state index >= 15 is 0 Å². The Kier molecular flexibility index (Phi) is 8.96. The number of aliphatic imine (C=N–C) groups is 1. The van der Waals surface area contributed by atoms with Crippen LogP contribution in [0.2, 0.25) is 0 Å². The van der Waals surface area contributed by atoms with Crippen molar-refractivity contribution >= 4 is 45.9 Å². The van der Waals surface area contributed by atoms with Crippen LogP contribution in [-0.2, 0) is 4.79 Å². The number of carbonyl (C=O) groups is 2. The van der Waals surface area contributed by atoms with Gasteiger partial charge in [0.25, 0.3) is 0 Å². The lowest BCUT2D eigenvalue weighted by Crippen LogP contribution is -2.31. The summed E-state index contributed by atoms with van der Waals surface area (Å²) >= 11 is 1.15. The van der Waals surface area contributed by atoms with E-state index in [1.165, 1.54) is 34.1 Å². The van der Waals surface area contributed by atoms with Gasteiger partial charge in [-0.2, -0.15) is 10.3 Å². The monoisotopic (exact) mass is 649 g/mol. The molecule has 46 heavy (non-hydrogen) atoms. The maximum atomic E-state index is 13.1. The number of hydrogen-bond acceptors (Lipinski definition) is 9. The Labute approximate surface area is 265 Å². The Balaban J connectivity index is 1.35. The number of benzene rings is 2. The fourth-order valence-corrected chi connectivity index (χ4v) is 5.35. The summed E-state index contributed by atoms with van der Waals surface area (Å²) in [7, 11) is 3.79. The number of pyridine rings is 1. The van der Waals surface area contributed by atoms with Crippen LogP contribution < -0.4 is 19.9 Å². The fraction of sp³-hybridized carbons (Fsp3) is 0.233. The van der Waals surface area contributed by atoms with Gasteiger partial charge in [-0.1, -0.05) is 31.7 Å². The van der Waals surface area contributed by atoms with Crippen LogP contribution in [0.15, 0.2) is 66.0 Å². The van der Waals surface area contributed by atoms with Gasteiger partial charge in [-0.15, -0.1) is 18.3 Å². The molecule has 1 fully saturated rings. The van der Waals surface area contributed by atoms with Crippen molar-refractivity contribution in [2.45, 2.75) is 26.1 Å². The van der Waals surface area contributed by atoms with E-state index in [0.29, 0.717) is 11.3 Å². The highest BCUT2D eigenvalue weighted by molar-refractivity contribution is 8.15. The molecule has 0 spiro atoms. The lowest BCUT2D eigenvalue weighted by atomic mass is 9.99. The molecule has 1 aliphatic rings. The average Bonchev–Trinajstić information content (AvgIpc) is 3.63. The number of nitrogens with zero attached hydrogens (tertiary/aromatic N) is 8. The molecular formula is C30H26F3N9O3S. The number of anilines is 3. The SMILES string of the molecule is CC(C)c1ccc(N(C)C)cc1N1C(=O)CS/C1=N\C(=O)Nc1ccc(-c2ncn(-c3ccc(OC(F)(F)F)cn3)n2)cc1C#N. The lowest BCUT2D eigenvalue weighted by Gasteiger charge is -2.24. The zero-order valence-electron chi connectivity index (χ0n) is 24.9.